The smallest absolute Gasteiger partial charge is 0.214 e. The van der Waals surface area contributed by atoms with Crippen LogP contribution in [0.5, 0.6) is 0 Å². The van der Waals surface area contributed by atoms with Crippen LogP contribution in [0.4, 0.5) is 0 Å². The molecule has 76 valence electrons. The maximum atomic E-state index is 11.3. The molecule has 0 atom stereocenters. The number of rotatable bonds is 4. The van der Waals surface area contributed by atoms with Gasteiger partial charge in [-0.1, -0.05) is 12.2 Å². The fraction of sp³-hybridized carbons (Fsp3) is 0.857. The first-order valence-corrected chi connectivity index (χ1v) is 6.30. The highest BCUT2D eigenvalue weighted by Gasteiger charge is 2.27. The molecule has 2 N–H and O–H groups in total. The molecule has 0 bridgehead atoms. The van der Waals surface area contributed by atoms with Gasteiger partial charge in [-0.25, -0.2) is 12.7 Å². The van der Waals surface area contributed by atoms with Crippen LogP contribution in [0.2, 0.25) is 0 Å². The molecule has 0 aromatic carbocycles. The minimum atomic E-state index is -2.94. The lowest BCUT2D eigenvalue weighted by Crippen LogP contribution is -2.27. The second-order valence-electron chi connectivity index (χ2n) is 3.14. The van der Waals surface area contributed by atoms with Crippen molar-refractivity contribution in [2.45, 2.75) is 19.3 Å². The largest absolute Gasteiger partial charge is 0.393 e. The molecule has 1 heterocycles. The minimum Gasteiger partial charge on any atom is -0.393 e. The Balaban J connectivity index is 2.33. The normalized spacial score (nSPS) is 21.8. The van der Waals surface area contributed by atoms with Gasteiger partial charge in [-0.3, -0.25) is 0 Å². The van der Waals surface area contributed by atoms with Crippen molar-refractivity contribution >= 4 is 27.2 Å². The van der Waals surface area contributed by atoms with Crippen LogP contribution in [0.25, 0.3) is 0 Å². The van der Waals surface area contributed by atoms with Crippen molar-refractivity contribution in [2.24, 2.45) is 5.73 Å². The van der Waals surface area contributed by atoms with Crippen LogP contribution < -0.4 is 5.73 Å². The molecule has 0 unspecified atom stereocenters. The lowest BCUT2D eigenvalue weighted by Gasteiger charge is -2.13. The predicted molar refractivity (Wildman–Crippen MR) is 56.0 cm³/mol. The van der Waals surface area contributed by atoms with Crippen molar-refractivity contribution < 1.29 is 8.42 Å². The first-order chi connectivity index (χ1) is 6.02. The summed E-state index contributed by atoms with van der Waals surface area (Å²) in [4.78, 5) is 0.455. The molecule has 0 aromatic rings. The average molecular weight is 222 g/mol. The van der Waals surface area contributed by atoms with E-state index in [9.17, 15) is 8.42 Å². The Kier molecular flexibility index (Phi) is 3.63. The monoisotopic (exact) mass is 222 g/mol. The molecule has 0 radical (unpaired) electrons. The number of hydrogen-bond donors (Lipinski definition) is 1. The summed E-state index contributed by atoms with van der Waals surface area (Å²) in [6, 6.07) is 0. The molecule has 1 aliphatic heterocycles. The SMILES string of the molecule is NC(=S)CCCN1CCCS1(=O)=O. The molecule has 0 aromatic heterocycles. The van der Waals surface area contributed by atoms with Crippen molar-refractivity contribution in [3.63, 3.8) is 0 Å². The van der Waals surface area contributed by atoms with Crippen LogP contribution in [-0.2, 0) is 10.0 Å². The fourth-order valence-electron chi connectivity index (χ4n) is 1.37. The van der Waals surface area contributed by atoms with Crippen LogP contribution >= 0.6 is 12.2 Å². The van der Waals surface area contributed by atoms with E-state index in [4.69, 9.17) is 18.0 Å². The first-order valence-electron chi connectivity index (χ1n) is 4.28. The molecule has 1 aliphatic rings. The highest BCUT2D eigenvalue weighted by Crippen LogP contribution is 2.13. The van der Waals surface area contributed by atoms with E-state index in [1.54, 1.807) is 0 Å². The van der Waals surface area contributed by atoms with E-state index in [0.29, 0.717) is 30.3 Å². The summed E-state index contributed by atoms with van der Waals surface area (Å²) in [5.74, 6) is 0.292. The number of sulfonamides is 1. The number of nitrogens with zero attached hydrogens (tertiary/aromatic N) is 1. The summed E-state index contributed by atoms with van der Waals surface area (Å²) in [5, 5.41) is 0. The zero-order valence-electron chi connectivity index (χ0n) is 7.40. The molecule has 1 rings (SSSR count). The molecule has 6 heteroatoms. The van der Waals surface area contributed by atoms with Crippen molar-refractivity contribution in [1.82, 2.24) is 4.31 Å². The molecular weight excluding hydrogens is 208 g/mol. The summed E-state index contributed by atoms with van der Waals surface area (Å²) >= 11 is 4.70. The average Bonchev–Trinajstić information content (AvgIpc) is 2.30. The Bertz CT molecular complexity index is 287. The quantitative estimate of drug-likeness (QED) is 0.685. The van der Waals surface area contributed by atoms with Crippen molar-refractivity contribution in [3.8, 4) is 0 Å². The van der Waals surface area contributed by atoms with Crippen molar-refractivity contribution in [1.29, 1.82) is 0 Å². The second kappa shape index (κ2) is 4.34. The van der Waals surface area contributed by atoms with Gasteiger partial charge in [0.1, 0.15) is 0 Å². The molecule has 0 amide bonds. The van der Waals surface area contributed by atoms with Gasteiger partial charge in [0.15, 0.2) is 0 Å². The molecule has 0 saturated carbocycles. The lowest BCUT2D eigenvalue weighted by atomic mass is 10.3. The van der Waals surface area contributed by atoms with E-state index in [1.807, 2.05) is 0 Å². The van der Waals surface area contributed by atoms with E-state index in [1.165, 1.54) is 4.31 Å². The van der Waals surface area contributed by atoms with Gasteiger partial charge in [0.25, 0.3) is 0 Å². The van der Waals surface area contributed by atoms with Gasteiger partial charge in [0.05, 0.1) is 10.7 Å². The van der Waals surface area contributed by atoms with Gasteiger partial charge in [0.2, 0.25) is 10.0 Å². The van der Waals surface area contributed by atoms with Gasteiger partial charge in [-0.05, 0) is 19.3 Å². The Morgan fingerprint density at radius 1 is 1.54 bits per heavy atom. The van der Waals surface area contributed by atoms with Crippen molar-refractivity contribution in [2.75, 3.05) is 18.8 Å². The summed E-state index contributed by atoms with van der Waals surface area (Å²) in [7, 11) is -2.94. The molecule has 0 spiro atoms. The summed E-state index contributed by atoms with van der Waals surface area (Å²) in [6.45, 7) is 1.21. The zero-order valence-corrected chi connectivity index (χ0v) is 9.03. The van der Waals surface area contributed by atoms with Gasteiger partial charge in [0, 0.05) is 13.1 Å². The molecular formula is C7H14N2O2S2. The number of hydrogen-bond acceptors (Lipinski definition) is 3. The Hall–Kier alpha value is -0.200. The summed E-state index contributed by atoms with van der Waals surface area (Å²) in [6.07, 6.45) is 2.10. The first kappa shape index (κ1) is 10.9. The van der Waals surface area contributed by atoms with Crippen LogP contribution in [0, 0.1) is 0 Å². The predicted octanol–water partition coefficient (Wildman–Crippen LogP) is 0.0882. The highest BCUT2D eigenvalue weighted by molar-refractivity contribution is 7.89. The van der Waals surface area contributed by atoms with E-state index in [2.05, 4.69) is 0 Å². The van der Waals surface area contributed by atoms with E-state index >= 15 is 0 Å². The Labute approximate surface area is 84.1 Å². The van der Waals surface area contributed by atoms with Crippen molar-refractivity contribution in [3.05, 3.63) is 0 Å². The van der Waals surface area contributed by atoms with Gasteiger partial charge in [-0.15, -0.1) is 0 Å². The van der Waals surface area contributed by atoms with Gasteiger partial charge < -0.3 is 5.73 Å². The summed E-state index contributed by atoms with van der Waals surface area (Å²) in [5.41, 5.74) is 5.31. The third kappa shape index (κ3) is 3.21. The van der Waals surface area contributed by atoms with E-state index < -0.39 is 10.0 Å². The molecule has 0 aliphatic carbocycles. The van der Waals surface area contributed by atoms with Gasteiger partial charge in [-0.2, -0.15) is 0 Å². The topological polar surface area (TPSA) is 63.4 Å². The molecule has 13 heavy (non-hydrogen) atoms. The molecule has 1 saturated heterocycles. The van der Waals surface area contributed by atoms with Crippen LogP contribution in [0.1, 0.15) is 19.3 Å². The Morgan fingerprint density at radius 2 is 2.23 bits per heavy atom. The fourth-order valence-corrected chi connectivity index (χ4v) is 3.08. The van der Waals surface area contributed by atoms with E-state index in [0.717, 1.165) is 12.8 Å². The van der Waals surface area contributed by atoms with Crippen LogP contribution in [0.3, 0.4) is 0 Å². The molecule has 1 fully saturated rings. The van der Waals surface area contributed by atoms with Crippen LogP contribution in [-0.4, -0.2) is 36.6 Å². The maximum absolute atomic E-state index is 11.3. The lowest BCUT2D eigenvalue weighted by molar-refractivity contribution is 0.439. The second-order valence-corrected chi connectivity index (χ2v) is 5.75. The molecule has 4 nitrogen and oxygen atoms in total. The maximum Gasteiger partial charge on any atom is 0.214 e. The highest BCUT2D eigenvalue weighted by atomic mass is 32.2. The zero-order chi connectivity index (χ0) is 9.90. The third-order valence-corrected chi connectivity index (χ3v) is 4.19. The number of thiocarbonyl (C=S) groups is 1. The van der Waals surface area contributed by atoms with E-state index in [-0.39, 0.29) is 0 Å². The third-order valence-electron chi connectivity index (χ3n) is 2.03. The standard InChI is InChI=1S/C7H14N2O2S2/c8-7(12)3-1-4-9-5-2-6-13(9,10)11/h1-6H2,(H2,8,12). The Morgan fingerprint density at radius 3 is 2.69 bits per heavy atom. The minimum absolute atomic E-state index is 0.292. The summed E-state index contributed by atoms with van der Waals surface area (Å²) < 4.78 is 24.1. The van der Waals surface area contributed by atoms with Crippen LogP contribution in [0.15, 0.2) is 0 Å². The number of nitrogens with two attached hydrogens (primary N) is 1. The van der Waals surface area contributed by atoms with Gasteiger partial charge >= 0.3 is 0 Å².